The quantitative estimate of drug-likeness (QED) is 0.830. The Morgan fingerprint density at radius 3 is 2.86 bits per heavy atom. The number of nitrogens with one attached hydrogen (secondary N) is 1. The summed E-state index contributed by atoms with van der Waals surface area (Å²) in [6.07, 6.45) is 0. The molecule has 0 radical (unpaired) electrons. The molecule has 2 rings (SSSR count). The molecular weight excluding hydrogens is 250 g/mol. The molecule has 0 spiro atoms. The second-order valence-electron chi connectivity index (χ2n) is 3.40. The lowest BCUT2D eigenvalue weighted by atomic mass is 10.0. The fourth-order valence-electron chi connectivity index (χ4n) is 1.35. The minimum Gasteiger partial charge on any atom is -0.451 e. The molecule has 1 saturated heterocycles. The Kier molecular flexibility index (Phi) is 2.36. The average molecular weight is 260 g/mol. The number of halogens is 1. The molecule has 1 aliphatic heterocycles. The van der Waals surface area contributed by atoms with Crippen LogP contribution in [0.1, 0.15) is 12.7 Å². The molecule has 0 bridgehead atoms. The van der Waals surface area contributed by atoms with Gasteiger partial charge in [-0.2, -0.15) is 0 Å². The molecule has 1 aromatic rings. The van der Waals surface area contributed by atoms with Crippen LogP contribution >= 0.6 is 15.9 Å². The second-order valence-corrected chi connectivity index (χ2v) is 4.18. The molecule has 1 aromatic heterocycles. The van der Waals surface area contributed by atoms with E-state index in [9.17, 15) is 4.79 Å². The first-order valence-electron chi connectivity index (χ1n) is 4.27. The highest BCUT2D eigenvalue weighted by Crippen LogP contribution is 2.29. The number of hydrogen-bond acceptors (Lipinski definition) is 3. The van der Waals surface area contributed by atoms with E-state index in [0.717, 1.165) is 0 Å². The minimum atomic E-state index is -0.556. The van der Waals surface area contributed by atoms with Gasteiger partial charge in [-0.15, -0.1) is 0 Å². The number of carbonyl (C=O) groups is 1. The first-order valence-corrected chi connectivity index (χ1v) is 5.06. The molecule has 4 nitrogen and oxygen atoms in total. The van der Waals surface area contributed by atoms with E-state index >= 15 is 0 Å². The van der Waals surface area contributed by atoms with E-state index < -0.39 is 5.60 Å². The molecular formula is C9H10BrNO3. The summed E-state index contributed by atoms with van der Waals surface area (Å²) in [5.74, 6) is 0.623. The van der Waals surface area contributed by atoms with E-state index in [1.54, 1.807) is 6.07 Å². The van der Waals surface area contributed by atoms with Crippen molar-refractivity contribution in [2.24, 2.45) is 0 Å². The van der Waals surface area contributed by atoms with Gasteiger partial charge >= 0.3 is 0 Å². The highest BCUT2D eigenvalue weighted by Gasteiger charge is 2.35. The lowest BCUT2D eigenvalue weighted by Gasteiger charge is -2.31. The van der Waals surface area contributed by atoms with Gasteiger partial charge in [0.2, 0.25) is 5.91 Å². The summed E-state index contributed by atoms with van der Waals surface area (Å²) < 4.78 is 11.5. The zero-order valence-electron chi connectivity index (χ0n) is 7.67. The standard InChI is InChI=1S/C9H10BrNO3/c1-9(5-11-8(12)4-13-9)6-2-3-7(10)14-6/h2-3H,4-5H2,1H3,(H,11,12). The van der Waals surface area contributed by atoms with Crippen molar-refractivity contribution in [1.29, 1.82) is 0 Å². The topological polar surface area (TPSA) is 51.5 Å². The highest BCUT2D eigenvalue weighted by molar-refractivity contribution is 9.10. The average Bonchev–Trinajstić information content (AvgIpc) is 2.58. The van der Waals surface area contributed by atoms with Crippen LogP contribution in [0, 0.1) is 0 Å². The van der Waals surface area contributed by atoms with E-state index in [2.05, 4.69) is 21.2 Å². The van der Waals surface area contributed by atoms with Crippen LogP contribution in [0.5, 0.6) is 0 Å². The van der Waals surface area contributed by atoms with E-state index in [4.69, 9.17) is 9.15 Å². The van der Waals surface area contributed by atoms with Crippen molar-refractivity contribution >= 4 is 21.8 Å². The van der Waals surface area contributed by atoms with Gasteiger partial charge in [-0.25, -0.2) is 0 Å². The summed E-state index contributed by atoms with van der Waals surface area (Å²) in [6, 6.07) is 3.64. The van der Waals surface area contributed by atoms with Crippen LogP contribution in [-0.2, 0) is 15.1 Å². The van der Waals surface area contributed by atoms with Gasteiger partial charge in [0, 0.05) is 0 Å². The third kappa shape index (κ3) is 1.69. The van der Waals surface area contributed by atoms with Gasteiger partial charge in [0.1, 0.15) is 18.0 Å². The number of morpholine rings is 1. The fraction of sp³-hybridized carbons (Fsp3) is 0.444. The van der Waals surface area contributed by atoms with Crippen molar-refractivity contribution in [2.75, 3.05) is 13.2 Å². The summed E-state index contributed by atoms with van der Waals surface area (Å²) in [4.78, 5) is 10.9. The molecule has 1 amide bonds. The van der Waals surface area contributed by atoms with Crippen molar-refractivity contribution in [1.82, 2.24) is 5.32 Å². The Morgan fingerprint density at radius 1 is 1.57 bits per heavy atom. The summed E-state index contributed by atoms with van der Waals surface area (Å²) in [5.41, 5.74) is -0.556. The number of furan rings is 1. The molecule has 1 unspecified atom stereocenters. The number of carbonyl (C=O) groups excluding carboxylic acids is 1. The van der Waals surface area contributed by atoms with Crippen molar-refractivity contribution < 1.29 is 13.9 Å². The van der Waals surface area contributed by atoms with E-state index in [0.29, 0.717) is 17.0 Å². The maximum absolute atomic E-state index is 10.9. The molecule has 0 aromatic carbocycles. The molecule has 1 atom stereocenters. The molecule has 1 N–H and O–H groups in total. The summed E-state index contributed by atoms with van der Waals surface area (Å²) in [6.45, 7) is 2.40. The predicted molar refractivity (Wildman–Crippen MR) is 52.7 cm³/mol. The van der Waals surface area contributed by atoms with Crippen LogP contribution in [0.2, 0.25) is 0 Å². The molecule has 0 aliphatic carbocycles. The van der Waals surface area contributed by atoms with Crippen molar-refractivity contribution in [3.05, 3.63) is 22.6 Å². The summed E-state index contributed by atoms with van der Waals surface area (Å²) in [5, 5.41) is 2.74. The van der Waals surface area contributed by atoms with Crippen LogP contribution in [-0.4, -0.2) is 19.1 Å². The van der Waals surface area contributed by atoms with E-state index in [1.807, 2.05) is 13.0 Å². The van der Waals surface area contributed by atoms with Crippen molar-refractivity contribution in [2.45, 2.75) is 12.5 Å². The van der Waals surface area contributed by atoms with Crippen LogP contribution in [0.25, 0.3) is 0 Å². The lowest BCUT2D eigenvalue weighted by Crippen LogP contribution is -2.48. The first kappa shape index (κ1) is 9.73. The predicted octanol–water partition coefficient (Wildman–Crippen LogP) is 1.40. The summed E-state index contributed by atoms with van der Waals surface area (Å²) >= 11 is 3.23. The van der Waals surface area contributed by atoms with Gasteiger partial charge in [-0.05, 0) is 35.0 Å². The van der Waals surface area contributed by atoms with Gasteiger partial charge < -0.3 is 14.5 Å². The zero-order chi connectivity index (χ0) is 10.2. The molecule has 2 heterocycles. The Bertz CT molecular complexity index is 351. The minimum absolute atomic E-state index is 0.0782. The van der Waals surface area contributed by atoms with Gasteiger partial charge in [0.25, 0.3) is 0 Å². The van der Waals surface area contributed by atoms with Crippen LogP contribution in [0.4, 0.5) is 0 Å². The maximum Gasteiger partial charge on any atom is 0.246 e. The van der Waals surface area contributed by atoms with Gasteiger partial charge in [0.15, 0.2) is 4.67 Å². The maximum atomic E-state index is 10.9. The van der Waals surface area contributed by atoms with Crippen molar-refractivity contribution in [3.8, 4) is 0 Å². The monoisotopic (exact) mass is 259 g/mol. The Hall–Kier alpha value is -0.810. The van der Waals surface area contributed by atoms with E-state index in [-0.39, 0.29) is 12.5 Å². The van der Waals surface area contributed by atoms with Gasteiger partial charge in [-0.1, -0.05) is 0 Å². The SMILES string of the molecule is CC1(c2ccc(Br)o2)CNC(=O)CO1. The highest BCUT2D eigenvalue weighted by atomic mass is 79.9. The normalized spacial score (nSPS) is 27.4. The largest absolute Gasteiger partial charge is 0.451 e. The Labute approximate surface area is 89.7 Å². The van der Waals surface area contributed by atoms with Gasteiger partial charge in [-0.3, -0.25) is 4.79 Å². The van der Waals surface area contributed by atoms with Crippen LogP contribution in [0.3, 0.4) is 0 Å². The Morgan fingerprint density at radius 2 is 2.36 bits per heavy atom. The third-order valence-electron chi connectivity index (χ3n) is 2.24. The van der Waals surface area contributed by atoms with Crippen LogP contribution in [0.15, 0.2) is 21.2 Å². The third-order valence-corrected chi connectivity index (χ3v) is 2.67. The van der Waals surface area contributed by atoms with Crippen molar-refractivity contribution in [3.63, 3.8) is 0 Å². The smallest absolute Gasteiger partial charge is 0.246 e. The molecule has 76 valence electrons. The number of hydrogen-bond donors (Lipinski definition) is 1. The number of amides is 1. The molecule has 14 heavy (non-hydrogen) atoms. The molecule has 1 fully saturated rings. The lowest BCUT2D eigenvalue weighted by molar-refractivity contribution is -0.144. The Balaban J connectivity index is 2.20. The molecule has 5 heteroatoms. The first-order chi connectivity index (χ1) is 6.60. The summed E-state index contributed by atoms with van der Waals surface area (Å²) in [7, 11) is 0. The van der Waals surface area contributed by atoms with E-state index in [1.165, 1.54) is 0 Å². The number of ether oxygens (including phenoxy) is 1. The molecule has 1 aliphatic rings. The second kappa shape index (κ2) is 3.40. The fourth-order valence-corrected chi connectivity index (χ4v) is 1.66. The van der Waals surface area contributed by atoms with Gasteiger partial charge in [0.05, 0.1) is 6.54 Å². The number of rotatable bonds is 1. The molecule has 0 saturated carbocycles. The van der Waals surface area contributed by atoms with Crippen LogP contribution < -0.4 is 5.32 Å². The zero-order valence-corrected chi connectivity index (χ0v) is 9.26.